The maximum absolute atomic E-state index is 14.4. The summed E-state index contributed by atoms with van der Waals surface area (Å²) in [7, 11) is 0. The predicted octanol–water partition coefficient (Wildman–Crippen LogP) is 8.61. The smallest absolute Gasteiger partial charge is 0.265 e. The number of ether oxygens (including phenoxy) is 1. The molecule has 0 unspecified atom stereocenters. The Morgan fingerprint density at radius 3 is 2.44 bits per heavy atom. The van der Waals surface area contributed by atoms with E-state index in [-0.39, 0.29) is 28.8 Å². The molecule has 3 aromatic carbocycles. The van der Waals surface area contributed by atoms with Crippen LogP contribution < -0.4 is 20.4 Å². The van der Waals surface area contributed by atoms with Crippen LogP contribution in [0.1, 0.15) is 71.2 Å². The van der Waals surface area contributed by atoms with E-state index in [1.165, 1.54) is 17.4 Å². The van der Waals surface area contributed by atoms with Crippen molar-refractivity contribution in [1.29, 1.82) is 0 Å². The van der Waals surface area contributed by atoms with Gasteiger partial charge in [-0.05, 0) is 116 Å². The summed E-state index contributed by atoms with van der Waals surface area (Å²) in [5, 5.41) is 5.74. The van der Waals surface area contributed by atoms with Crippen LogP contribution in [-0.4, -0.2) is 55.6 Å². The highest BCUT2D eigenvalue weighted by atomic mass is 32.1. The summed E-state index contributed by atoms with van der Waals surface area (Å²) in [6.45, 7) is 7.38. The van der Waals surface area contributed by atoms with Gasteiger partial charge in [0, 0.05) is 60.6 Å². The van der Waals surface area contributed by atoms with Crippen LogP contribution in [0.2, 0.25) is 0 Å². The Morgan fingerprint density at radius 1 is 0.889 bits per heavy atom. The number of para-hydroxylation sites is 2. The van der Waals surface area contributed by atoms with Crippen molar-refractivity contribution in [2.24, 2.45) is 5.41 Å². The number of halogens is 1. The minimum atomic E-state index is -0.480. The lowest BCUT2D eigenvalue weighted by Crippen LogP contribution is -2.59. The molecule has 9 nitrogen and oxygen atoms in total. The van der Waals surface area contributed by atoms with Gasteiger partial charge in [0.05, 0.1) is 21.8 Å². The van der Waals surface area contributed by atoms with E-state index in [0.717, 1.165) is 66.4 Å². The van der Waals surface area contributed by atoms with Crippen molar-refractivity contribution in [1.82, 2.24) is 4.98 Å². The first-order chi connectivity index (χ1) is 26.2. The normalized spacial score (nSPS) is 16.2. The van der Waals surface area contributed by atoms with Crippen LogP contribution >= 0.6 is 11.3 Å². The Hall–Kier alpha value is -5.65. The van der Waals surface area contributed by atoms with Gasteiger partial charge >= 0.3 is 0 Å². The molecular formula is C43H40FN5O4S. The molecule has 3 aliphatic rings. The molecular weight excluding hydrogens is 702 g/mol. The second-order valence-corrected chi connectivity index (χ2v) is 15.5. The number of benzene rings is 3. The Balaban J connectivity index is 0.949. The largest absolute Gasteiger partial charge is 0.381 e. The van der Waals surface area contributed by atoms with Crippen LogP contribution in [0, 0.1) is 25.1 Å². The summed E-state index contributed by atoms with van der Waals surface area (Å²) >= 11 is 1.33. The molecule has 2 fully saturated rings. The first-order valence-electron chi connectivity index (χ1n) is 18.2. The predicted molar refractivity (Wildman–Crippen MR) is 212 cm³/mol. The average Bonchev–Trinajstić information content (AvgIpc) is 3.58. The van der Waals surface area contributed by atoms with Crippen LogP contribution in [0.25, 0.3) is 11.6 Å². The lowest BCUT2D eigenvalue weighted by molar-refractivity contribution is -0.000511. The summed E-state index contributed by atoms with van der Waals surface area (Å²) in [5.41, 5.74) is 6.23. The number of nitrogens with zero attached hydrogens (tertiary/aromatic N) is 3. The molecule has 2 saturated heterocycles. The molecule has 0 atom stereocenters. The van der Waals surface area contributed by atoms with Gasteiger partial charge in [0.15, 0.2) is 0 Å². The molecule has 11 heteroatoms. The number of pyridine rings is 1. The van der Waals surface area contributed by atoms with Crippen molar-refractivity contribution in [2.75, 3.05) is 53.3 Å². The molecule has 3 amide bonds. The minimum absolute atomic E-state index is 0.161. The van der Waals surface area contributed by atoms with E-state index in [1.807, 2.05) is 43.3 Å². The van der Waals surface area contributed by atoms with Gasteiger partial charge in [-0.25, -0.2) is 9.37 Å². The van der Waals surface area contributed by atoms with Crippen molar-refractivity contribution in [2.45, 2.75) is 33.1 Å². The fourth-order valence-corrected chi connectivity index (χ4v) is 8.48. The van der Waals surface area contributed by atoms with Gasteiger partial charge in [0.25, 0.3) is 17.7 Å². The SMILES string of the molecule is Cc1cnc(N2CC3(CCOCC3)C2)c(C(=O)Nc2ccc(C(=O)N3CCC(c4ccc(C(=O)Nc5c(C)cccc5F)s4)=Cc4ccccc43)cc2)c1. The van der Waals surface area contributed by atoms with Gasteiger partial charge in [0.2, 0.25) is 0 Å². The topological polar surface area (TPSA) is 104 Å². The van der Waals surface area contributed by atoms with Crippen molar-refractivity contribution in [3.8, 4) is 0 Å². The second-order valence-electron chi connectivity index (χ2n) is 14.4. The van der Waals surface area contributed by atoms with Crippen molar-refractivity contribution in [3.63, 3.8) is 0 Å². The third-order valence-electron chi connectivity index (χ3n) is 10.6. The Kier molecular flexibility index (Phi) is 9.59. The summed E-state index contributed by atoms with van der Waals surface area (Å²) in [4.78, 5) is 50.8. The number of rotatable bonds is 7. The number of amides is 3. The van der Waals surface area contributed by atoms with Crippen LogP contribution in [0.15, 0.2) is 91.1 Å². The third-order valence-corrected chi connectivity index (χ3v) is 11.7. The number of carbonyl (C=O) groups is 3. The molecule has 0 bridgehead atoms. The Morgan fingerprint density at radius 2 is 1.67 bits per heavy atom. The van der Waals surface area contributed by atoms with E-state index in [4.69, 9.17) is 4.74 Å². The Labute approximate surface area is 317 Å². The summed E-state index contributed by atoms with van der Waals surface area (Å²) < 4.78 is 20.0. The van der Waals surface area contributed by atoms with Crippen molar-refractivity contribution in [3.05, 3.63) is 135 Å². The monoisotopic (exact) mass is 741 g/mol. The molecule has 0 radical (unpaired) electrons. The fraction of sp³-hybridized carbons (Fsp3) is 0.256. The summed E-state index contributed by atoms with van der Waals surface area (Å²) in [6, 6.07) is 24.9. The summed E-state index contributed by atoms with van der Waals surface area (Å²) in [5.74, 6) is -0.570. The summed E-state index contributed by atoms with van der Waals surface area (Å²) in [6.07, 6.45) is 6.47. The van der Waals surface area contributed by atoms with E-state index in [9.17, 15) is 18.8 Å². The van der Waals surface area contributed by atoms with E-state index in [1.54, 1.807) is 60.5 Å². The number of aryl methyl sites for hydroxylation is 2. The average molecular weight is 742 g/mol. The number of anilines is 4. The van der Waals surface area contributed by atoms with Crippen molar-refractivity contribution >= 4 is 63.6 Å². The molecule has 5 aromatic rings. The zero-order chi connectivity index (χ0) is 37.4. The van der Waals surface area contributed by atoms with E-state index in [2.05, 4.69) is 26.6 Å². The zero-order valence-corrected chi connectivity index (χ0v) is 31.0. The highest BCUT2D eigenvalue weighted by Crippen LogP contribution is 2.42. The molecule has 54 heavy (non-hydrogen) atoms. The Bertz CT molecular complexity index is 2270. The highest BCUT2D eigenvalue weighted by Gasteiger charge is 2.45. The zero-order valence-electron chi connectivity index (χ0n) is 30.2. The fourth-order valence-electron chi connectivity index (χ4n) is 7.54. The van der Waals surface area contributed by atoms with E-state index >= 15 is 0 Å². The molecule has 2 aromatic heterocycles. The number of hydrogen-bond donors (Lipinski definition) is 2. The van der Waals surface area contributed by atoms with Gasteiger partial charge < -0.3 is 25.2 Å². The quantitative estimate of drug-likeness (QED) is 0.173. The van der Waals surface area contributed by atoms with Crippen LogP contribution in [0.5, 0.6) is 0 Å². The number of nitrogens with one attached hydrogen (secondary N) is 2. The standard InChI is InChI=1S/C43H40FN5O4S/c1-27-22-33(39(45-24-27)48-25-43(26-48)17-20-53-21-18-43)40(50)46-32-12-10-29(11-13-32)42(52)49-19-16-31(23-30-7-3-4-9-35(30)49)36-14-15-37(54-36)41(51)47-38-28(2)6-5-8-34(38)44/h3-15,22-24H,16-21,25-26H2,1-2H3,(H,46,50)(H,47,51). The number of hydrogen-bond acceptors (Lipinski definition) is 7. The van der Waals surface area contributed by atoms with Crippen LogP contribution in [-0.2, 0) is 4.74 Å². The molecule has 274 valence electrons. The van der Waals surface area contributed by atoms with Gasteiger partial charge in [-0.15, -0.1) is 11.3 Å². The van der Waals surface area contributed by atoms with Crippen LogP contribution in [0.4, 0.5) is 27.3 Å². The molecule has 8 rings (SSSR count). The first-order valence-corrected chi connectivity index (χ1v) is 19.0. The first kappa shape index (κ1) is 35.4. The van der Waals surface area contributed by atoms with Gasteiger partial charge in [0.1, 0.15) is 11.6 Å². The molecule has 3 aliphatic heterocycles. The number of aromatic nitrogens is 1. The lowest BCUT2D eigenvalue weighted by atomic mass is 9.73. The maximum atomic E-state index is 14.4. The molecule has 5 heterocycles. The van der Waals surface area contributed by atoms with E-state index in [0.29, 0.717) is 46.0 Å². The third kappa shape index (κ3) is 7.04. The highest BCUT2D eigenvalue weighted by molar-refractivity contribution is 7.15. The minimum Gasteiger partial charge on any atom is -0.381 e. The van der Waals surface area contributed by atoms with Crippen LogP contribution in [0.3, 0.4) is 0 Å². The molecule has 0 saturated carbocycles. The number of fused-ring (bicyclic) bond motifs is 1. The maximum Gasteiger partial charge on any atom is 0.265 e. The van der Waals surface area contributed by atoms with E-state index < -0.39 is 5.82 Å². The molecule has 1 spiro atoms. The number of carbonyl (C=O) groups excluding carboxylic acids is 3. The lowest BCUT2D eigenvalue weighted by Gasteiger charge is -2.53. The number of thiophene rings is 1. The van der Waals surface area contributed by atoms with Gasteiger partial charge in [-0.3, -0.25) is 14.4 Å². The van der Waals surface area contributed by atoms with Gasteiger partial charge in [-0.2, -0.15) is 0 Å². The second kappa shape index (κ2) is 14.6. The molecule has 2 N–H and O–H groups in total. The van der Waals surface area contributed by atoms with Gasteiger partial charge in [-0.1, -0.05) is 30.3 Å². The van der Waals surface area contributed by atoms with Crippen molar-refractivity contribution < 1.29 is 23.5 Å². The molecule has 0 aliphatic carbocycles.